The van der Waals surface area contributed by atoms with E-state index in [1.54, 1.807) is 7.05 Å². The van der Waals surface area contributed by atoms with Crippen molar-refractivity contribution in [1.29, 1.82) is 0 Å². The predicted molar refractivity (Wildman–Crippen MR) is 109 cm³/mol. The fourth-order valence-corrected chi connectivity index (χ4v) is 3.26. The number of carbonyl (C=O) groups excluding carboxylic acids is 1. The van der Waals surface area contributed by atoms with Crippen molar-refractivity contribution >= 4 is 32.9 Å². The van der Waals surface area contributed by atoms with Gasteiger partial charge in [-0.05, 0) is 40.9 Å². The molecule has 0 fully saturated rings. The van der Waals surface area contributed by atoms with E-state index in [1.165, 1.54) is 15.6 Å². The lowest BCUT2D eigenvalue weighted by molar-refractivity contribution is -0.121. The molecule has 8 nitrogen and oxygen atoms in total. The summed E-state index contributed by atoms with van der Waals surface area (Å²) in [4.78, 5) is 29.0. The maximum Gasteiger partial charge on any atom is 0.266 e. The van der Waals surface area contributed by atoms with E-state index in [0.29, 0.717) is 28.8 Å². The molecule has 0 aliphatic carbocycles. The lowest BCUT2D eigenvalue weighted by Crippen LogP contribution is -2.32. The predicted octanol–water partition coefficient (Wildman–Crippen LogP) is 2.13. The summed E-state index contributed by atoms with van der Waals surface area (Å²) in [7, 11) is 1.71. The van der Waals surface area contributed by atoms with E-state index in [0.717, 1.165) is 11.1 Å². The molecule has 2 aromatic heterocycles. The molecule has 0 spiro atoms. The number of ether oxygens (including phenoxy) is 1. The molecule has 148 valence electrons. The first-order valence-corrected chi connectivity index (χ1v) is 9.68. The second-order valence-corrected chi connectivity index (χ2v) is 7.49. The maximum atomic E-state index is 12.6. The fourth-order valence-electron chi connectivity index (χ4n) is 2.68. The highest BCUT2D eigenvalue weighted by Gasteiger charge is 2.14. The summed E-state index contributed by atoms with van der Waals surface area (Å²) in [5, 5.41) is 7.31. The van der Waals surface area contributed by atoms with Gasteiger partial charge in [-0.3, -0.25) is 14.2 Å². The minimum absolute atomic E-state index is 0.108. The summed E-state index contributed by atoms with van der Waals surface area (Å²) in [5.74, 6) is -0.268. The van der Waals surface area contributed by atoms with E-state index >= 15 is 0 Å². The van der Waals surface area contributed by atoms with Crippen LogP contribution in [0.15, 0.2) is 40.0 Å². The van der Waals surface area contributed by atoms with Crippen LogP contribution in [0.25, 0.3) is 11.0 Å². The molecule has 3 rings (SSSR count). The van der Waals surface area contributed by atoms with Gasteiger partial charge in [0.1, 0.15) is 22.9 Å². The summed E-state index contributed by atoms with van der Waals surface area (Å²) < 4.78 is 8.77. The number of amides is 1. The second-order valence-electron chi connectivity index (χ2n) is 6.74. The molecule has 1 aromatic carbocycles. The molecule has 0 aliphatic rings. The van der Waals surface area contributed by atoms with Crippen LogP contribution in [-0.2, 0) is 36.3 Å². The van der Waals surface area contributed by atoms with Crippen molar-refractivity contribution in [2.75, 3.05) is 0 Å². The number of halogens is 1. The van der Waals surface area contributed by atoms with Gasteiger partial charge in [0, 0.05) is 13.6 Å². The van der Waals surface area contributed by atoms with Gasteiger partial charge >= 0.3 is 0 Å². The molecule has 2 heterocycles. The largest absolute Gasteiger partial charge is 0.374 e. The van der Waals surface area contributed by atoms with Crippen LogP contribution in [0.3, 0.4) is 0 Å². The van der Waals surface area contributed by atoms with Crippen LogP contribution in [0.2, 0.25) is 0 Å². The Balaban J connectivity index is 1.60. The number of hydrogen-bond acceptors (Lipinski definition) is 5. The highest BCUT2D eigenvalue weighted by Crippen LogP contribution is 2.16. The Morgan fingerprint density at radius 3 is 2.61 bits per heavy atom. The van der Waals surface area contributed by atoms with Gasteiger partial charge < -0.3 is 10.1 Å². The van der Waals surface area contributed by atoms with Gasteiger partial charge in [-0.2, -0.15) is 5.10 Å². The number of nitrogens with zero attached hydrogens (tertiary/aromatic N) is 4. The molecule has 0 unspecified atom stereocenters. The SMILES string of the molecule is CC(C)OCc1ccc(CNC(=O)Cn2cnc3c(c(Br)nn3C)c2=O)cc1. The molecule has 28 heavy (non-hydrogen) atoms. The first-order chi connectivity index (χ1) is 13.3. The first kappa shape index (κ1) is 20.2. The van der Waals surface area contributed by atoms with Gasteiger partial charge in [0.2, 0.25) is 5.91 Å². The number of hydrogen-bond donors (Lipinski definition) is 1. The Morgan fingerprint density at radius 2 is 1.93 bits per heavy atom. The Bertz CT molecular complexity index is 1040. The average Bonchev–Trinajstić information content (AvgIpc) is 2.95. The van der Waals surface area contributed by atoms with E-state index in [-0.39, 0.29) is 24.1 Å². The first-order valence-electron chi connectivity index (χ1n) is 8.89. The molecule has 9 heteroatoms. The quantitative estimate of drug-likeness (QED) is 0.598. The molecular formula is C19H22BrN5O3. The summed E-state index contributed by atoms with van der Waals surface area (Å²) >= 11 is 3.26. The number of aromatic nitrogens is 4. The van der Waals surface area contributed by atoms with E-state index in [2.05, 4.69) is 31.3 Å². The summed E-state index contributed by atoms with van der Waals surface area (Å²) in [6.45, 7) is 4.83. The molecule has 0 radical (unpaired) electrons. The third kappa shape index (κ3) is 4.66. The second kappa shape index (κ2) is 8.66. The smallest absolute Gasteiger partial charge is 0.266 e. The lowest BCUT2D eigenvalue weighted by atomic mass is 10.1. The molecule has 3 aromatic rings. The van der Waals surface area contributed by atoms with Gasteiger partial charge in [0.05, 0.1) is 12.7 Å². The average molecular weight is 448 g/mol. The van der Waals surface area contributed by atoms with Gasteiger partial charge in [-0.1, -0.05) is 24.3 Å². The van der Waals surface area contributed by atoms with Crippen LogP contribution in [0, 0.1) is 0 Å². The molecular weight excluding hydrogens is 426 g/mol. The molecule has 0 saturated carbocycles. The zero-order valence-corrected chi connectivity index (χ0v) is 17.6. The third-order valence-corrected chi connectivity index (χ3v) is 4.73. The number of nitrogens with one attached hydrogen (secondary N) is 1. The topological polar surface area (TPSA) is 91.0 Å². The number of benzene rings is 1. The molecule has 1 N–H and O–H groups in total. The van der Waals surface area contributed by atoms with E-state index in [9.17, 15) is 9.59 Å². The van der Waals surface area contributed by atoms with Crippen LogP contribution in [-0.4, -0.2) is 31.3 Å². The summed E-state index contributed by atoms with van der Waals surface area (Å²) in [5.41, 5.74) is 2.21. The molecule has 0 atom stereocenters. The minimum atomic E-state index is -0.311. The minimum Gasteiger partial charge on any atom is -0.374 e. The van der Waals surface area contributed by atoms with Crippen LogP contribution >= 0.6 is 15.9 Å². The third-order valence-electron chi connectivity index (χ3n) is 4.18. The van der Waals surface area contributed by atoms with E-state index in [1.807, 2.05) is 38.1 Å². The normalized spacial score (nSPS) is 11.3. The van der Waals surface area contributed by atoms with Crippen LogP contribution in [0.1, 0.15) is 25.0 Å². The summed E-state index contributed by atoms with van der Waals surface area (Å²) in [6.07, 6.45) is 1.55. The number of rotatable bonds is 7. The van der Waals surface area contributed by atoms with Gasteiger partial charge in [-0.15, -0.1) is 0 Å². The zero-order valence-electron chi connectivity index (χ0n) is 16.0. The van der Waals surface area contributed by atoms with E-state index < -0.39 is 0 Å². The molecule has 0 saturated heterocycles. The van der Waals surface area contributed by atoms with Gasteiger partial charge in [0.25, 0.3) is 5.56 Å². The van der Waals surface area contributed by atoms with Crippen molar-refractivity contribution in [2.24, 2.45) is 7.05 Å². The Morgan fingerprint density at radius 1 is 1.25 bits per heavy atom. The number of carbonyl (C=O) groups is 1. The van der Waals surface area contributed by atoms with E-state index in [4.69, 9.17) is 4.74 Å². The highest BCUT2D eigenvalue weighted by molar-refractivity contribution is 9.10. The number of aryl methyl sites for hydroxylation is 1. The monoisotopic (exact) mass is 447 g/mol. The molecule has 0 aliphatic heterocycles. The van der Waals surface area contributed by atoms with Crippen LogP contribution in [0.4, 0.5) is 0 Å². The van der Waals surface area contributed by atoms with Crippen molar-refractivity contribution < 1.29 is 9.53 Å². The Hall–Kier alpha value is -2.52. The summed E-state index contributed by atoms with van der Waals surface area (Å²) in [6, 6.07) is 7.86. The number of fused-ring (bicyclic) bond motifs is 1. The van der Waals surface area contributed by atoms with Crippen molar-refractivity contribution in [3.05, 3.63) is 56.7 Å². The lowest BCUT2D eigenvalue weighted by Gasteiger charge is -2.09. The van der Waals surface area contributed by atoms with Crippen molar-refractivity contribution in [3.8, 4) is 0 Å². The standard InChI is InChI=1S/C19H22BrN5O3/c1-12(2)28-10-14-6-4-13(5-7-14)8-21-15(26)9-25-11-22-18-16(19(25)27)17(20)23-24(18)3/h4-7,11-12H,8-10H2,1-3H3,(H,21,26). The fraction of sp³-hybridized carbons (Fsp3) is 0.368. The maximum absolute atomic E-state index is 12.6. The van der Waals surface area contributed by atoms with Crippen molar-refractivity contribution in [1.82, 2.24) is 24.6 Å². The van der Waals surface area contributed by atoms with Gasteiger partial charge in [-0.25, -0.2) is 9.67 Å². The highest BCUT2D eigenvalue weighted by atomic mass is 79.9. The van der Waals surface area contributed by atoms with Gasteiger partial charge in [0.15, 0.2) is 5.65 Å². The van der Waals surface area contributed by atoms with Crippen molar-refractivity contribution in [2.45, 2.75) is 39.6 Å². The zero-order chi connectivity index (χ0) is 20.3. The van der Waals surface area contributed by atoms with Crippen LogP contribution in [0.5, 0.6) is 0 Å². The van der Waals surface area contributed by atoms with Crippen molar-refractivity contribution in [3.63, 3.8) is 0 Å². The Labute approximate surface area is 170 Å². The Kier molecular flexibility index (Phi) is 6.25. The molecule has 1 amide bonds. The van der Waals surface area contributed by atoms with Crippen LogP contribution < -0.4 is 10.9 Å². The molecule has 0 bridgehead atoms.